The highest BCUT2D eigenvalue weighted by Crippen LogP contribution is 2.23. The van der Waals surface area contributed by atoms with Crippen molar-refractivity contribution in [2.45, 2.75) is 11.8 Å². The Morgan fingerprint density at radius 3 is 2.05 bits per heavy atom. The van der Waals surface area contributed by atoms with Gasteiger partial charge in [-0.3, -0.25) is 4.79 Å². The van der Waals surface area contributed by atoms with Crippen molar-refractivity contribution >= 4 is 32.3 Å². The Bertz CT molecular complexity index is 776. The molecule has 0 fully saturated rings. The Morgan fingerprint density at radius 1 is 0.952 bits per heavy atom. The summed E-state index contributed by atoms with van der Waals surface area (Å²) in [6, 6.07) is 14.6. The Labute approximate surface area is 128 Å². The maximum Gasteiger partial charge on any atom is 0.201 e. The summed E-state index contributed by atoms with van der Waals surface area (Å²) in [5.41, 5.74) is 1.09. The number of rotatable bonds is 4. The van der Waals surface area contributed by atoms with E-state index in [1.807, 2.05) is 6.07 Å². The number of carbonyl (C=O) groups is 1. The second-order valence-electron chi connectivity index (χ2n) is 4.46. The van der Waals surface area contributed by atoms with Gasteiger partial charge in [0.2, 0.25) is 9.84 Å². The largest absolute Gasteiger partial charge is 0.295 e. The fourth-order valence-electron chi connectivity index (χ4n) is 1.75. The van der Waals surface area contributed by atoms with Crippen molar-refractivity contribution in [3.8, 4) is 0 Å². The number of hydrogen-bond donors (Lipinski definition) is 0. The number of ketones is 1. The minimum atomic E-state index is -3.66. The molecule has 0 spiro atoms. The summed E-state index contributed by atoms with van der Waals surface area (Å²) in [6.07, 6.45) is 0. The first kappa shape index (κ1) is 15.5. The van der Waals surface area contributed by atoms with Gasteiger partial charge in [0.25, 0.3) is 0 Å². The molecule has 2 aromatic rings. The summed E-state index contributed by atoms with van der Waals surface area (Å²) in [5.74, 6) is -0.114. The molecule has 0 N–H and O–H groups in total. The van der Waals surface area contributed by atoms with Gasteiger partial charge in [0.05, 0.1) is 15.3 Å². The second kappa shape index (κ2) is 6.24. The van der Waals surface area contributed by atoms with E-state index in [9.17, 15) is 13.2 Å². The van der Waals surface area contributed by atoms with Crippen molar-refractivity contribution < 1.29 is 13.2 Å². The lowest BCUT2D eigenvalue weighted by molar-refractivity contribution is 0.101. The first-order valence-corrected chi connectivity index (χ1v) is 8.11. The first-order chi connectivity index (χ1) is 9.90. The number of benzene rings is 2. The number of Topliss-reactive ketones (excluding diaryl/α,β-unsaturated/α-hetero) is 1. The first-order valence-electron chi connectivity index (χ1n) is 6.19. The van der Waals surface area contributed by atoms with Crippen molar-refractivity contribution in [2.75, 3.05) is 0 Å². The van der Waals surface area contributed by atoms with Crippen molar-refractivity contribution in [3.63, 3.8) is 0 Å². The maximum atomic E-state index is 12.3. The van der Waals surface area contributed by atoms with Crippen LogP contribution in [0.5, 0.6) is 0 Å². The monoisotopic (exact) mass is 320 g/mol. The summed E-state index contributed by atoms with van der Waals surface area (Å²) >= 11 is 6.05. The van der Waals surface area contributed by atoms with Gasteiger partial charge in [0, 0.05) is 5.56 Å². The van der Waals surface area contributed by atoms with Crippen molar-refractivity contribution in [1.82, 2.24) is 0 Å². The molecule has 5 heteroatoms. The zero-order valence-electron chi connectivity index (χ0n) is 11.3. The van der Waals surface area contributed by atoms with E-state index in [1.54, 1.807) is 24.3 Å². The second-order valence-corrected chi connectivity index (χ2v) is 6.66. The van der Waals surface area contributed by atoms with Gasteiger partial charge in [-0.15, -0.1) is 0 Å². The molecular formula is C16H13ClO3S. The molecule has 21 heavy (non-hydrogen) atoms. The lowest BCUT2D eigenvalue weighted by Gasteiger charge is -2.03. The maximum absolute atomic E-state index is 12.3. The Balaban J connectivity index is 2.36. The SMILES string of the molecule is CC(=O)c1ccc(S(=O)(=O)/C=C(/Cl)c2ccccc2)cc1. The molecule has 0 saturated heterocycles. The minimum absolute atomic E-state index is 0.0987. The molecule has 0 saturated carbocycles. The average molecular weight is 321 g/mol. The third-order valence-corrected chi connectivity index (χ3v) is 4.83. The zero-order valence-corrected chi connectivity index (χ0v) is 12.9. The van der Waals surface area contributed by atoms with Crippen LogP contribution in [0.4, 0.5) is 0 Å². The molecule has 0 aliphatic carbocycles. The van der Waals surface area contributed by atoms with Gasteiger partial charge in [0.1, 0.15) is 0 Å². The molecule has 0 radical (unpaired) electrons. The molecule has 0 aliphatic rings. The lowest BCUT2D eigenvalue weighted by Crippen LogP contribution is -1.99. The fourth-order valence-corrected chi connectivity index (χ4v) is 3.29. The Hall–Kier alpha value is -1.91. The standard InChI is InChI=1S/C16H13ClO3S/c1-12(18)13-7-9-15(10-8-13)21(19,20)11-16(17)14-5-3-2-4-6-14/h2-11H,1H3/b16-11+. The number of hydrogen-bond acceptors (Lipinski definition) is 3. The molecule has 0 amide bonds. The van der Waals surface area contributed by atoms with E-state index >= 15 is 0 Å². The summed E-state index contributed by atoms with van der Waals surface area (Å²) < 4.78 is 24.5. The van der Waals surface area contributed by atoms with Crippen LogP contribution in [0.1, 0.15) is 22.8 Å². The molecule has 0 atom stereocenters. The van der Waals surface area contributed by atoms with E-state index < -0.39 is 9.84 Å². The van der Waals surface area contributed by atoms with E-state index in [2.05, 4.69) is 0 Å². The number of halogens is 1. The predicted octanol–water partition coefficient (Wildman–Crippen LogP) is 3.90. The smallest absolute Gasteiger partial charge is 0.201 e. The quantitative estimate of drug-likeness (QED) is 0.803. The molecule has 0 bridgehead atoms. The highest BCUT2D eigenvalue weighted by Gasteiger charge is 2.13. The van der Waals surface area contributed by atoms with Crippen LogP contribution in [-0.4, -0.2) is 14.2 Å². The number of carbonyl (C=O) groups excluding carboxylic acids is 1. The van der Waals surface area contributed by atoms with Crippen molar-refractivity contribution in [2.24, 2.45) is 0 Å². The van der Waals surface area contributed by atoms with Gasteiger partial charge in [-0.05, 0) is 24.6 Å². The average Bonchev–Trinajstić information content (AvgIpc) is 2.48. The zero-order chi connectivity index (χ0) is 15.5. The van der Waals surface area contributed by atoms with Crippen molar-refractivity contribution in [1.29, 1.82) is 0 Å². The highest BCUT2D eigenvalue weighted by atomic mass is 35.5. The molecule has 2 aromatic carbocycles. The third kappa shape index (κ3) is 3.80. The summed E-state index contributed by atoms with van der Waals surface area (Å²) in [7, 11) is -3.66. The predicted molar refractivity (Wildman–Crippen MR) is 83.9 cm³/mol. The van der Waals surface area contributed by atoms with Crippen LogP contribution in [0.3, 0.4) is 0 Å². The molecule has 0 unspecified atom stereocenters. The van der Waals surface area contributed by atoms with Crippen LogP contribution < -0.4 is 0 Å². The van der Waals surface area contributed by atoms with E-state index in [-0.39, 0.29) is 15.7 Å². The van der Waals surface area contributed by atoms with Crippen LogP contribution in [-0.2, 0) is 9.84 Å². The van der Waals surface area contributed by atoms with Crippen LogP contribution in [0.2, 0.25) is 0 Å². The van der Waals surface area contributed by atoms with Crippen molar-refractivity contribution in [3.05, 3.63) is 71.1 Å². The number of sulfone groups is 1. The van der Waals surface area contributed by atoms with Crippen LogP contribution >= 0.6 is 11.6 Å². The van der Waals surface area contributed by atoms with E-state index in [0.717, 1.165) is 5.41 Å². The van der Waals surface area contributed by atoms with E-state index in [0.29, 0.717) is 11.1 Å². The normalized spacial score (nSPS) is 12.2. The molecule has 0 aromatic heterocycles. The summed E-state index contributed by atoms with van der Waals surface area (Å²) in [4.78, 5) is 11.3. The fraction of sp³-hybridized carbons (Fsp3) is 0.0625. The Kier molecular flexibility index (Phi) is 4.60. The molecular weight excluding hydrogens is 308 g/mol. The minimum Gasteiger partial charge on any atom is -0.295 e. The van der Waals surface area contributed by atoms with Gasteiger partial charge in [0.15, 0.2) is 5.78 Å². The summed E-state index contributed by atoms with van der Waals surface area (Å²) in [5, 5.41) is 1.17. The van der Waals surface area contributed by atoms with Gasteiger partial charge < -0.3 is 0 Å². The van der Waals surface area contributed by atoms with Gasteiger partial charge in [-0.1, -0.05) is 54.1 Å². The molecule has 3 nitrogen and oxygen atoms in total. The molecule has 0 heterocycles. The lowest BCUT2D eigenvalue weighted by atomic mass is 10.2. The molecule has 108 valence electrons. The van der Waals surface area contributed by atoms with Crippen LogP contribution in [0.25, 0.3) is 5.03 Å². The van der Waals surface area contributed by atoms with E-state index in [4.69, 9.17) is 11.6 Å². The van der Waals surface area contributed by atoms with Gasteiger partial charge in [-0.25, -0.2) is 8.42 Å². The molecule has 2 rings (SSSR count). The topological polar surface area (TPSA) is 51.2 Å². The highest BCUT2D eigenvalue weighted by molar-refractivity contribution is 7.94. The van der Waals surface area contributed by atoms with Crippen LogP contribution in [0.15, 0.2) is 64.9 Å². The molecule has 0 aliphatic heterocycles. The van der Waals surface area contributed by atoms with E-state index in [1.165, 1.54) is 31.2 Å². The Morgan fingerprint density at radius 2 is 1.52 bits per heavy atom. The third-order valence-electron chi connectivity index (χ3n) is 2.90. The van der Waals surface area contributed by atoms with Gasteiger partial charge in [-0.2, -0.15) is 0 Å². The van der Waals surface area contributed by atoms with Crippen LogP contribution in [0, 0.1) is 0 Å². The summed E-state index contributed by atoms with van der Waals surface area (Å²) in [6.45, 7) is 1.43. The van der Waals surface area contributed by atoms with Gasteiger partial charge >= 0.3 is 0 Å².